The molecule has 19 heavy (non-hydrogen) atoms. The molecule has 7 heteroatoms. The third-order valence-corrected chi connectivity index (χ3v) is 2.60. The number of halogens is 2. The van der Waals surface area contributed by atoms with Crippen molar-refractivity contribution in [3.05, 3.63) is 40.8 Å². The fourth-order valence-electron chi connectivity index (χ4n) is 1.42. The average molecular weight is 278 g/mol. The van der Waals surface area contributed by atoms with E-state index in [1.54, 1.807) is 7.05 Å². The molecule has 0 aliphatic heterocycles. The monoisotopic (exact) mass is 277 g/mol. The van der Waals surface area contributed by atoms with Crippen molar-refractivity contribution in [2.45, 2.75) is 0 Å². The molecule has 2 rings (SSSR count). The van der Waals surface area contributed by atoms with Gasteiger partial charge in [-0.05, 0) is 18.2 Å². The molecule has 5 nitrogen and oxygen atoms in total. The molecule has 0 atom stereocenters. The number of aromatic nitrogens is 2. The second-order valence-corrected chi connectivity index (χ2v) is 3.97. The van der Waals surface area contributed by atoms with E-state index >= 15 is 0 Å². The van der Waals surface area contributed by atoms with Crippen LogP contribution in [0.15, 0.2) is 24.4 Å². The molecule has 0 amide bonds. The lowest BCUT2D eigenvalue weighted by Gasteiger charge is -2.09. The molecule has 2 N–H and O–H groups in total. The summed E-state index contributed by atoms with van der Waals surface area (Å²) >= 11 is 5.96. The molecule has 96 valence electrons. The van der Waals surface area contributed by atoms with E-state index in [1.165, 1.54) is 18.3 Å². The molecule has 1 aromatic carbocycles. The van der Waals surface area contributed by atoms with Gasteiger partial charge in [-0.3, -0.25) is 0 Å². The molecule has 1 heterocycles. The number of hydrogen-bond donors (Lipinski definition) is 2. The minimum Gasteiger partial charge on any atom is -0.357 e. The molecule has 0 aliphatic rings. The van der Waals surface area contributed by atoms with Crippen LogP contribution in [0.3, 0.4) is 0 Å². The first kappa shape index (κ1) is 13.1. The lowest BCUT2D eigenvalue weighted by molar-refractivity contribution is 0.627. The van der Waals surface area contributed by atoms with Crippen LogP contribution in [0.5, 0.6) is 0 Å². The SMILES string of the molecule is CNc1ncc(Cl)c(Nc2ccc(F)cc2C#N)n1. The standard InChI is InChI=1S/C12H9ClFN5/c1-16-12-17-6-9(13)11(19-12)18-10-3-2-8(14)4-7(10)5-15/h2-4,6H,1H3,(H2,16,17,18,19). The summed E-state index contributed by atoms with van der Waals surface area (Å²) in [6.45, 7) is 0. The zero-order chi connectivity index (χ0) is 13.8. The van der Waals surface area contributed by atoms with Gasteiger partial charge in [0, 0.05) is 7.05 Å². The Balaban J connectivity index is 2.39. The first-order chi connectivity index (χ1) is 9.13. The van der Waals surface area contributed by atoms with Gasteiger partial charge in [-0.1, -0.05) is 11.6 Å². The van der Waals surface area contributed by atoms with Crippen LogP contribution in [-0.4, -0.2) is 17.0 Å². The number of benzene rings is 1. The Morgan fingerprint density at radius 2 is 2.21 bits per heavy atom. The average Bonchev–Trinajstić information content (AvgIpc) is 2.43. The number of nitrogens with one attached hydrogen (secondary N) is 2. The van der Waals surface area contributed by atoms with Crippen LogP contribution >= 0.6 is 11.6 Å². The molecule has 0 unspecified atom stereocenters. The molecular formula is C12H9ClFN5. The van der Waals surface area contributed by atoms with Crippen molar-refractivity contribution in [1.82, 2.24) is 9.97 Å². The smallest absolute Gasteiger partial charge is 0.224 e. The van der Waals surface area contributed by atoms with Gasteiger partial charge in [-0.25, -0.2) is 9.37 Å². The minimum absolute atomic E-state index is 0.167. The molecule has 0 spiro atoms. The number of hydrogen-bond acceptors (Lipinski definition) is 5. The second kappa shape index (κ2) is 5.50. The first-order valence-corrected chi connectivity index (χ1v) is 5.69. The van der Waals surface area contributed by atoms with E-state index in [2.05, 4.69) is 20.6 Å². The largest absolute Gasteiger partial charge is 0.357 e. The third kappa shape index (κ3) is 2.89. The number of anilines is 3. The summed E-state index contributed by atoms with van der Waals surface area (Å²) in [6, 6.07) is 5.73. The van der Waals surface area contributed by atoms with Crippen LogP contribution in [0.4, 0.5) is 21.8 Å². The molecule has 0 saturated heterocycles. The van der Waals surface area contributed by atoms with E-state index in [4.69, 9.17) is 16.9 Å². The fourth-order valence-corrected chi connectivity index (χ4v) is 1.56. The summed E-state index contributed by atoms with van der Waals surface area (Å²) in [7, 11) is 1.67. The highest BCUT2D eigenvalue weighted by Gasteiger charge is 2.09. The van der Waals surface area contributed by atoms with Crippen molar-refractivity contribution in [1.29, 1.82) is 5.26 Å². The van der Waals surface area contributed by atoms with E-state index in [1.807, 2.05) is 6.07 Å². The second-order valence-electron chi connectivity index (χ2n) is 3.57. The summed E-state index contributed by atoms with van der Waals surface area (Å²) in [6.07, 6.45) is 1.43. The third-order valence-electron chi connectivity index (χ3n) is 2.32. The predicted molar refractivity (Wildman–Crippen MR) is 71.0 cm³/mol. The van der Waals surface area contributed by atoms with Gasteiger partial charge in [0.25, 0.3) is 0 Å². The summed E-state index contributed by atoms with van der Waals surface area (Å²) in [5, 5.41) is 14.9. The van der Waals surface area contributed by atoms with E-state index in [0.717, 1.165) is 6.07 Å². The Labute approximate surface area is 114 Å². The van der Waals surface area contributed by atoms with Crippen molar-refractivity contribution in [3.63, 3.8) is 0 Å². The quantitative estimate of drug-likeness (QED) is 0.902. The van der Waals surface area contributed by atoms with E-state index in [0.29, 0.717) is 22.5 Å². The molecular weight excluding hydrogens is 269 g/mol. The van der Waals surface area contributed by atoms with Crippen LogP contribution in [-0.2, 0) is 0 Å². The molecule has 0 radical (unpaired) electrons. The lowest BCUT2D eigenvalue weighted by atomic mass is 10.2. The van der Waals surface area contributed by atoms with Crippen molar-refractivity contribution in [2.75, 3.05) is 17.7 Å². The highest BCUT2D eigenvalue weighted by molar-refractivity contribution is 6.32. The van der Waals surface area contributed by atoms with E-state index in [9.17, 15) is 4.39 Å². The molecule has 0 saturated carbocycles. The molecule has 0 bridgehead atoms. The topological polar surface area (TPSA) is 73.6 Å². The van der Waals surface area contributed by atoms with Crippen molar-refractivity contribution in [2.24, 2.45) is 0 Å². The maximum atomic E-state index is 13.0. The summed E-state index contributed by atoms with van der Waals surface area (Å²) in [5.41, 5.74) is 0.590. The number of nitrogens with zero attached hydrogens (tertiary/aromatic N) is 3. The molecule has 0 fully saturated rings. The zero-order valence-electron chi connectivity index (χ0n) is 9.91. The van der Waals surface area contributed by atoms with Gasteiger partial charge in [-0.15, -0.1) is 0 Å². The van der Waals surface area contributed by atoms with E-state index < -0.39 is 5.82 Å². The lowest BCUT2D eigenvalue weighted by Crippen LogP contribution is -2.02. The maximum Gasteiger partial charge on any atom is 0.224 e. The van der Waals surface area contributed by atoms with Gasteiger partial charge in [-0.2, -0.15) is 10.2 Å². The number of nitriles is 1. The van der Waals surface area contributed by atoms with Gasteiger partial charge >= 0.3 is 0 Å². The molecule has 2 aromatic rings. The van der Waals surface area contributed by atoms with Crippen LogP contribution in [0.25, 0.3) is 0 Å². The summed E-state index contributed by atoms with van der Waals surface area (Å²) in [5.74, 6) is 0.239. The summed E-state index contributed by atoms with van der Waals surface area (Å²) in [4.78, 5) is 8.05. The Morgan fingerprint density at radius 3 is 2.89 bits per heavy atom. The van der Waals surface area contributed by atoms with Crippen LogP contribution < -0.4 is 10.6 Å². The van der Waals surface area contributed by atoms with E-state index in [-0.39, 0.29) is 5.56 Å². The van der Waals surface area contributed by atoms with Crippen molar-refractivity contribution < 1.29 is 4.39 Å². The Hall–Kier alpha value is -2.39. The van der Waals surface area contributed by atoms with Crippen LogP contribution in [0, 0.1) is 17.1 Å². The molecule has 1 aromatic heterocycles. The van der Waals surface area contributed by atoms with Crippen LogP contribution in [0.2, 0.25) is 5.02 Å². The fraction of sp³-hybridized carbons (Fsp3) is 0.0833. The van der Waals surface area contributed by atoms with Gasteiger partial charge in [0.1, 0.15) is 16.9 Å². The van der Waals surface area contributed by atoms with Gasteiger partial charge in [0.05, 0.1) is 17.4 Å². The van der Waals surface area contributed by atoms with Gasteiger partial charge in [0.2, 0.25) is 5.95 Å². The predicted octanol–water partition coefficient (Wildman–Crippen LogP) is 2.93. The Morgan fingerprint density at radius 1 is 1.42 bits per heavy atom. The van der Waals surface area contributed by atoms with Gasteiger partial charge < -0.3 is 10.6 Å². The van der Waals surface area contributed by atoms with Crippen molar-refractivity contribution >= 4 is 29.1 Å². The highest BCUT2D eigenvalue weighted by Crippen LogP contribution is 2.25. The first-order valence-electron chi connectivity index (χ1n) is 5.31. The van der Waals surface area contributed by atoms with Crippen molar-refractivity contribution in [3.8, 4) is 6.07 Å². The summed E-state index contributed by atoms with van der Waals surface area (Å²) < 4.78 is 13.0. The minimum atomic E-state index is -0.480. The maximum absolute atomic E-state index is 13.0. The van der Waals surface area contributed by atoms with Crippen LogP contribution in [0.1, 0.15) is 5.56 Å². The zero-order valence-corrected chi connectivity index (χ0v) is 10.7. The van der Waals surface area contributed by atoms with Gasteiger partial charge in [0.15, 0.2) is 5.82 Å². The number of rotatable bonds is 3. The Kier molecular flexibility index (Phi) is 3.78. The Bertz CT molecular complexity index is 653. The highest BCUT2D eigenvalue weighted by atomic mass is 35.5. The molecule has 0 aliphatic carbocycles. The normalized spacial score (nSPS) is 9.79.